The number of nitrogens with two attached hydrogens (primary N) is 1. The second-order valence-corrected chi connectivity index (χ2v) is 6.13. The number of amides is 1. The van der Waals surface area contributed by atoms with Crippen molar-refractivity contribution in [1.82, 2.24) is 0 Å². The van der Waals surface area contributed by atoms with Crippen LogP contribution in [0.1, 0.15) is 33.3 Å². The lowest BCUT2D eigenvalue weighted by molar-refractivity contribution is -0.385. The van der Waals surface area contributed by atoms with E-state index in [1.165, 1.54) is 6.07 Å². The molecule has 0 spiro atoms. The summed E-state index contributed by atoms with van der Waals surface area (Å²) in [6.45, 7) is 8.67. The van der Waals surface area contributed by atoms with E-state index in [0.29, 0.717) is 29.4 Å². The summed E-state index contributed by atoms with van der Waals surface area (Å²) in [7, 11) is 0. The van der Waals surface area contributed by atoms with Gasteiger partial charge in [-0.15, -0.1) is 0 Å². The number of hydrogen-bond acceptors (Lipinski definition) is 5. The van der Waals surface area contributed by atoms with E-state index in [1.807, 2.05) is 18.7 Å². The van der Waals surface area contributed by atoms with E-state index in [2.05, 4.69) is 0 Å². The van der Waals surface area contributed by atoms with Crippen molar-refractivity contribution < 1.29 is 14.5 Å². The Morgan fingerprint density at radius 2 is 1.96 bits per heavy atom. The molecule has 0 aliphatic carbocycles. The first kappa shape index (κ1) is 19.0. The summed E-state index contributed by atoms with van der Waals surface area (Å²) in [6.07, 6.45) is -0.770. The first-order valence-electron chi connectivity index (χ1n) is 7.31. The Morgan fingerprint density at radius 3 is 2.39 bits per heavy atom. The third-order valence-corrected chi connectivity index (χ3v) is 3.74. The van der Waals surface area contributed by atoms with Crippen molar-refractivity contribution in [2.24, 2.45) is 5.73 Å². The normalized spacial score (nSPS) is 11.2. The zero-order valence-electron chi connectivity index (χ0n) is 13.8. The van der Waals surface area contributed by atoms with Crippen molar-refractivity contribution in [3.8, 4) is 0 Å². The lowest BCUT2D eigenvalue weighted by Crippen LogP contribution is -2.33. The monoisotopic (exact) mass is 343 g/mol. The van der Waals surface area contributed by atoms with Crippen LogP contribution in [-0.4, -0.2) is 29.7 Å². The summed E-state index contributed by atoms with van der Waals surface area (Å²) in [5, 5.41) is 11.6. The van der Waals surface area contributed by atoms with Gasteiger partial charge in [0.1, 0.15) is 5.60 Å². The molecule has 0 radical (unpaired) electrons. The Balaban J connectivity index is 3.34. The highest BCUT2D eigenvalue weighted by molar-refractivity contribution is 6.33. The van der Waals surface area contributed by atoms with Crippen molar-refractivity contribution >= 4 is 29.1 Å². The molecule has 0 unspecified atom stereocenters. The van der Waals surface area contributed by atoms with Crippen LogP contribution < -0.4 is 10.6 Å². The maximum absolute atomic E-state index is 11.3. The van der Waals surface area contributed by atoms with Crippen LogP contribution in [0.4, 0.5) is 16.2 Å². The Morgan fingerprint density at radius 1 is 1.39 bits per heavy atom. The van der Waals surface area contributed by atoms with Crippen molar-refractivity contribution in [3.63, 3.8) is 0 Å². The molecule has 0 aliphatic heterocycles. The molecule has 8 heteroatoms. The van der Waals surface area contributed by atoms with Crippen LogP contribution in [0.15, 0.2) is 12.1 Å². The van der Waals surface area contributed by atoms with E-state index in [9.17, 15) is 14.9 Å². The lowest BCUT2D eigenvalue weighted by atomic mass is 9.96. The van der Waals surface area contributed by atoms with E-state index in [4.69, 9.17) is 22.1 Å². The van der Waals surface area contributed by atoms with Gasteiger partial charge < -0.3 is 15.4 Å². The van der Waals surface area contributed by atoms with Gasteiger partial charge in [-0.25, -0.2) is 4.79 Å². The first-order valence-corrected chi connectivity index (χ1v) is 7.69. The van der Waals surface area contributed by atoms with Crippen LogP contribution in [0.3, 0.4) is 0 Å². The number of hydrogen-bond donors (Lipinski definition) is 1. The topological polar surface area (TPSA) is 98.7 Å². The molecule has 23 heavy (non-hydrogen) atoms. The average molecular weight is 344 g/mol. The molecule has 1 rings (SSSR count). The van der Waals surface area contributed by atoms with Gasteiger partial charge in [0.05, 0.1) is 15.6 Å². The highest BCUT2D eigenvalue weighted by Gasteiger charge is 2.28. The van der Waals surface area contributed by atoms with E-state index < -0.39 is 16.6 Å². The lowest BCUT2D eigenvalue weighted by Gasteiger charge is -2.26. The molecule has 0 heterocycles. The fourth-order valence-corrected chi connectivity index (χ4v) is 2.76. The number of primary amides is 1. The third-order valence-electron chi connectivity index (χ3n) is 3.44. The van der Waals surface area contributed by atoms with Gasteiger partial charge in [0.15, 0.2) is 0 Å². The van der Waals surface area contributed by atoms with Gasteiger partial charge in [-0.2, -0.15) is 0 Å². The summed E-state index contributed by atoms with van der Waals surface area (Å²) in [5.41, 5.74) is 5.13. The fourth-order valence-electron chi connectivity index (χ4n) is 2.48. The third kappa shape index (κ3) is 4.99. The van der Waals surface area contributed by atoms with Gasteiger partial charge in [-0.1, -0.05) is 11.6 Å². The number of nitro groups is 1. The molecule has 1 amide bonds. The van der Waals surface area contributed by atoms with Crippen molar-refractivity contribution in [1.29, 1.82) is 0 Å². The van der Waals surface area contributed by atoms with E-state index >= 15 is 0 Å². The molecule has 128 valence electrons. The summed E-state index contributed by atoms with van der Waals surface area (Å²) >= 11 is 6.20. The van der Waals surface area contributed by atoms with Crippen LogP contribution in [-0.2, 0) is 11.2 Å². The number of benzene rings is 1. The molecule has 0 aromatic heterocycles. The second kappa shape index (κ2) is 7.50. The molecular weight excluding hydrogens is 322 g/mol. The predicted molar refractivity (Wildman–Crippen MR) is 90.1 cm³/mol. The number of carbonyl (C=O) groups excluding carboxylic acids is 1. The first-order chi connectivity index (χ1) is 10.6. The quantitative estimate of drug-likeness (QED) is 0.603. The van der Waals surface area contributed by atoms with Crippen molar-refractivity contribution in [2.75, 3.05) is 18.0 Å². The Labute approximate surface area is 140 Å². The molecule has 0 fully saturated rings. The van der Waals surface area contributed by atoms with E-state index in [1.54, 1.807) is 19.9 Å². The van der Waals surface area contributed by atoms with Crippen molar-refractivity contribution in [3.05, 3.63) is 32.8 Å². The average Bonchev–Trinajstić information content (AvgIpc) is 2.40. The predicted octanol–water partition coefficient (Wildman–Crippen LogP) is 3.51. The van der Waals surface area contributed by atoms with Gasteiger partial charge in [0.25, 0.3) is 5.69 Å². The minimum atomic E-state index is -0.967. The molecule has 0 saturated carbocycles. The van der Waals surface area contributed by atoms with Crippen LogP contribution in [0.5, 0.6) is 0 Å². The molecular formula is C15H22ClN3O4. The summed E-state index contributed by atoms with van der Waals surface area (Å²) in [6, 6.07) is 3.02. The van der Waals surface area contributed by atoms with Gasteiger partial charge in [0.2, 0.25) is 0 Å². The zero-order valence-corrected chi connectivity index (χ0v) is 14.5. The number of nitrogens with zero attached hydrogens (tertiary/aromatic N) is 2. The van der Waals surface area contributed by atoms with Crippen molar-refractivity contribution in [2.45, 2.75) is 39.7 Å². The van der Waals surface area contributed by atoms with Crippen LogP contribution >= 0.6 is 11.6 Å². The Bertz CT molecular complexity index is 601. The molecule has 0 bridgehead atoms. The summed E-state index contributed by atoms with van der Waals surface area (Å²) in [4.78, 5) is 23.8. The largest absolute Gasteiger partial charge is 0.443 e. The van der Waals surface area contributed by atoms with Gasteiger partial charge in [0, 0.05) is 31.1 Å². The number of carbonyl (C=O) groups is 1. The second-order valence-electron chi connectivity index (χ2n) is 5.72. The van der Waals surface area contributed by atoms with Crippen LogP contribution in [0.25, 0.3) is 0 Å². The highest BCUT2D eigenvalue weighted by Crippen LogP contribution is 2.35. The number of anilines is 1. The minimum Gasteiger partial charge on any atom is -0.443 e. The standard InChI is InChI=1S/C15H22ClN3O4/c1-5-18(6-2)13-7-10(9-15(3,4)23-14(17)20)12(19(21)22)8-11(13)16/h7-8H,5-6,9H2,1-4H3,(H2,17,20). The Kier molecular flexibility index (Phi) is 6.20. The fraction of sp³-hybridized carbons (Fsp3) is 0.533. The number of ether oxygens (including phenoxy) is 1. The molecule has 0 atom stereocenters. The summed E-state index contributed by atoms with van der Waals surface area (Å²) in [5.74, 6) is 0. The SMILES string of the molecule is CCN(CC)c1cc(CC(C)(C)OC(N)=O)c([N+](=O)[O-])cc1Cl. The van der Waals surface area contributed by atoms with Gasteiger partial charge in [-0.05, 0) is 33.8 Å². The molecule has 7 nitrogen and oxygen atoms in total. The highest BCUT2D eigenvalue weighted by atomic mass is 35.5. The maximum Gasteiger partial charge on any atom is 0.405 e. The smallest absolute Gasteiger partial charge is 0.405 e. The van der Waals surface area contributed by atoms with Gasteiger partial charge >= 0.3 is 6.09 Å². The number of nitro benzene ring substituents is 1. The summed E-state index contributed by atoms with van der Waals surface area (Å²) < 4.78 is 5.03. The molecule has 0 saturated heterocycles. The zero-order chi connectivity index (χ0) is 17.8. The molecule has 1 aromatic rings. The number of halogens is 1. The number of rotatable bonds is 7. The van der Waals surface area contributed by atoms with Crippen LogP contribution in [0.2, 0.25) is 5.02 Å². The maximum atomic E-state index is 11.3. The van der Waals surface area contributed by atoms with E-state index in [0.717, 1.165) is 0 Å². The molecule has 1 aromatic carbocycles. The van der Waals surface area contributed by atoms with Gasteiger partial charge in [-0.3, -0.25) is 10.1 Å². The van der Waals surface area contributed by atoms with Crippen LogP contribution in [0, 0.1) is 10.1 Å². The molecule has 0 aliphatic rings. The molecule has 2 N–H and O–H groups in total. The minimum absolute atomic E-state index is 0.105. The Hall–Kier alpha value is -2.02. The van der Waals surface area contributed by atoms with E-state index in [-0.39, 0.29) is 12.1 Å².